The van der Waals surface area contributed by atoms with Crippen LogP contribution in [0.3, 0.4) is 0 Å². The summed E-state index contributed by atoms with van der Waals surface area (Å²) < 4.78 is 17.1. The molecule has 0 spiro atoms. The molecule has 6 atom stereocenters. The molecular weight excluding hydrogens is 514 g/mol. The lowest BCUT2D eigenvalue weighted by Gasteiger charge is -2.41. The number of methoxy groups -OCH3 is 1. The highest BCUT2D eigenvalue weighted by atomic mass is 16.7. The predicted octanol–water partition coefficient (Wildman–Crippen LogP) is -0.715. The highest BCUT2D eigenvalue weighted by Gasteiger charge is 2.50. The molecule has 1 fully saturated rings. The lowest BCUT2D eigenvalue weighted by molar-refractivity contribution is -0.466. The summed E-state index contributed by atoms with van der Waals surface area (Å²) in [6.45, 7) is 0.610. The summed E-state index contributed by atoms with van der Waals surface area (Å²) in [5, 5.41) is 53.8. The first-order chi connectivity index (χ1) is 18.4. The molecule has 1 saturated heterocycles. The van der Waals surface area contributed by atoms with Crippen LogP contribution < -0.4 is 10.5 Å². The van der Waals surface area contributed by atoms with E-state index in [1.807, 2.05) is 0 Å². The van der Waals surface area contributed by atoms with Gasteiger partial charge in [-0.1, -0.05) is 12.1 Å². The maximum absolute atomic E-state index is 13.7. The number of benzene rings is 2. The minimum Gasteiger partial charge on any atom is -0.507 e. The summed E-state index contributed by atoms with van der Waals surface area (Å²) in [6, 6.07) is 3.90. The number of phenolic OH excluding ortho intramolecular Hbond substituents is 2. The number of carbonyl (C=O) groups excluding carboxylic acids is 3. The maximum atomic E-state index is 13.7. The van der Waals surface area contributed by atoms with Gasteiger partial charge in [-0.25, -0.2) is 0 Å². The fourth-order valence-electron chi connectivity index (χ4n) is 5.81. The van der Waals surface area contributed by atoms with Gasteiger partial charge in [0.1, 0.15) is 41.6 Å². The van der Waals surface area contributed by atoms with Gasteiger partial charge in [0.25, 0.3) is 0 Å². The molecule has 1 aliphatic heterocycles. The molecule has 208 valence electrons. The number of aliphatic hydroxyl groups is 3. The molecule has 0 radical (unpaired) electrons. The Morgan fingerprint density at radius 1 is 1.15 bits per heavy atom. The molecule has 2 aromatic rings. The van der Waals surface area contributed by atoms with Gasteiger partial charge in [-0.15, -0.1) is 0 Å². The van der Waals surface area contributed by atoms with Crippen molar-refractivity contribution in [1.29, 1.82) is 0 Å². The Balaban J connectivity index is 1.69. The van der Waals surface area contributed by atoms with Crippen LogP contribution in [0.2, 0.25) is 0 Å². The minimum atomic E-state index is -2.23. The lowest BCUT2D eigenvalue weighted by Crippen LogP contribution is -2.71. The van der Waals surface area contributed by atoms with Gasteiger partial charge >= 0.3 is 0 Å². The Bertz CT molecular complexity index is 1380. The van der Waals surface area contributed by atoms with E-state index in [0.29, 0.717) is 0 Å². The van der Waals surface area contributed by atoms with E-state index in [4.69, 9.17) is 14.2 Å². The number of carbonyl (C=O) groups is 3. The van der Waals surface area contributed by atoms with Crippen LogP contribution in [0.4, 0.5) is 0 Å². The number of aliphatic hydroxyl groups excluding tert-OH is 2. The molecule has 0 bridgehead atoms. The highest BCUT2D eigenvalue weighted by molar-refractivity contribution is 6.31. The third-order valence-corrected chi connectivity index (χ3v) is 7.88. The first-order valence-corrected chi connectivity index (χ1v) is 12.5. The van der Waals surface area contributed by atoms with Crippen LogP contribution in [-0.4, -0.2) is 86.7 Å². The summed E-state index contributed by atoms with van der Waals surface area (Å²) in [7, 11) is 1.33. The summed E-state index contributed by atoms with van der Waals surface area (Å²) in [5.41, 5.74) is 0.362. The predicted molar refractivity (Wildman–Crippen MR) is 130 cm³/mol. The lowest BCUT2D eigenvalue weighted by atomic mass is 9.72. The molecule has 1 unspecified atom stereocenters. The SMILES string of the molecule is COc1cccc2c1C(=O)c1c(O)c3c(c(O)c1C2=O)C[C@@](O)(C(=O)CO)C[C@@H]3OC1C[C@@H]([NH3+])[C@H](O)[C@H](C)O1. The molecule has 1 heterocycles. The first-order valence-electron chi connectivity index (χ1n) is 12.5. The van der Waals surface area contributed by atoms with Crippen molar-refractivity contribution in [3.63, 3.8) is 0 Å². The second-order valence-electron chi connectivity index (χ2n) is 10.3. The van der Waals surface area contributed by atoms with Crippen molar-refractivity contribution in [1.82, 2.24) is 0 Å². The molecule has 0 aromatic heterocycles. The molecule has 3 aliphatic rings. The number of rotatable bonds is 5. The van der Waals surface area contributed by atoms with Crippen LogP contribution in [0.15, 0.2) is 18.2 Å². The topological polar surface area (TPSA) is 208 Å². The number of hydrogen-bond donors (Lipinski definition) is 6. The van der Waals surface area contributed by atoms with E-state index in [1.165, 1.54) is 25.3 Å². The standard InChI is InChI=1S/C27H29NO11/c1-10-22(31)13(28)6-17(38-10)39-15-8-27(36,16(30)9-29)7-12-19(15)26(35)21-20(24(12)33)23(32)11-4-3-5-14(37-2)18(11)25(21)34/h3-5,10,13,15,17,22,29,31,33,35-36H,6-9,28H2,1-2H3/p+1/t10-,13+,15-,17?,22+,27-/m0/s1. The normalized spacial score (nSPS) is 29.8. The van der Waals surface area contributed by atoms with Crippen molar-refractivity contribution >= 4 is 17.3 Å². The Morgan fingerprint density at radius 2 is 1.85 bits per heavy atom. The van der Waals surface area contributed by atoms with Crippen LogP contribution >= 0.6 is 0 Å². The first kappa shape index (κ1) is 27.2. The molecule has 8 N–H and O–H groups in total. The Hall–Kier alpha value is -3.39. The number of fused-ring (bicyclic) bond motifs is 3. The van der Waals surface area contributed by atoms with Gasteiger partial charge in [0, 0.05) is 29.5 Å². The number of quaternary nitrogens is 1. The molecule has 0 saturated carbocycles. The smallest absolute Gasteiger partial charge is 0.202 e. The van der Waals surface area contributed by atoms with Gasteiger partial charge in [0.15, 0.2) is 17.9 Å². The van der Waals surface area contributed by atoms with Crippen LogP contribution in [0.5, 0.6) is 17.2 Å². The van der Waals surface area contributed by atoms with Crippen molar-refractivity contribution < 1.29 is 59.9 Å². The number of ketones is 3. The number of Topliss-reactive ketones (excluding diaryl/α,β-unsaturated/α-hetero) is 1. The fraction of sp³-hybridized carbons (Fsp3) is 0.444. The largest absolute Gasteiger partial charge is 0.507 e. The second kappa shape index (κ2) is 9.66. The molecule has 0 amide bonds. The summed E-state index contributed by atoms with van der Waals surface area (Å²) >= 11 is 0. The molecule has 39 heavy (non-hydrogen) atoms. The van der Waals surface area contributed by atoms with Crippen LogP contribution in [0.25, 0.3) is 0 Å². The van der Waals surface area contributed by atoms with Crippen LogP contribution in [-0.2, 0) is 20.7 Å². The van der Waals surface area contributed by atoms with Crippen LogP contribution in [0.1, 0.15) is 68.8 Å². The van der Waals surface area contributed by atoms with E-state index in [1.54, 1.807) is 6.92 Å². The number of phenols is 2. The van der Waals surface area contributed by atoms with E-state index in [2.05, 4.69) is 5.73 Å². The zero-order valence-electron chi connectivity index (χ0n) is 21.3. The second-order valence-corrected chi connectivity index (χ2v) is 10.3. The number of aromatic hydroxyl groups is 2. The van der Waals surface area contributed by atoms with Crippen molar-refractivity contribution in [2.45, 2.75) is 62.4 Å². The Morgan fingerprint density at radius 3 is 2.49 bits per heavy atom. The average molecular weight is 545 g/mol. The quantitative estimate of drug-likeness (QED) is 0.221. The number of hydrogen-bond acceptors (Lipinski definition) is 11. The van der Waals surface area contributed by atoms with Gasteiger partial charge in [-0.2, -0.15) is 0 Å². The van der Waals surface area contributed by atoms with Crippen molar-refractivity contribution in [3.8, 4) is 17.2 Å². The summed E-state index contributed by atoms with van der Waals surface area (Å²) in [4.78, 5) is 39.8. The highest BCUT2D eigenvalue weighted by Crippen LogP contribution is 2.52. The van der Waals surface area contributed by atoms with Crippen LogP contribution in [0, 0.1) is 0 Å². The van der Waals surface area contributed by atoms with Crippen molar-refractivity contribution in [2.75, 3.05) is 13.7 Å². The van der Waals surface area contributed by atoms with Crippen molar-refractivity contribution in [3.05, 3.63) is 51.6 Å². The van der Waals surface area contributed by atoms with E-state index < -0.39 is 95.7 Å². The van der Waals surface area contributed by atoms with Gasteiger partial charge in [0.2, 0.25) is 5.78 Å². The third-order valence-electron chi connectivity index (χ3n) is 7.88. The number of ether oxygens (including phenoxy) is 3. The third kappa shape index (κ3) is 4.11. The van der Waals surface area contributed by atoms with E-state index in [-0.39, 0.29) is 34.4 Å². The molecule has 5 rings (SSSR count). The van der Waals surface area contributed by atoms with Gasteiger partial charge in [-0.3, -0.25) is 14.4 Å². The zero-order chi connectivity index (χ0) is 28.4. The van der Waals surface area contributed by atoms with Gasteiger partial charge in [-0.05, 0) is 13.0 Å². The molecule has 12 heteroatoms. The van der Waals surface area contributed by atoms with Gasteiger partial charge < -0.3 is 45.5 Å². The molecular formula is C27H30NO11+. The van der Waals surface area contributed by atoms with E-state index in [9.17, 15) is 39.9 Å². The Labute approximate surface area is 222 Å². The summed E-state index contributed by atoms with van der Waals surface area (Å²) in [6.07, 6.45) is -4.72. The van der Waals surface area contributed by atoms with E-state index in [0.717, 1.165) is 0 Å². The van der Waals surface area contributed by atoms with Gasteiger partial charge in [0.05, 0.1) is 42.4 Å². The maximum Gasteiger partial charge on any atom is 0.202 e. The zero-order valence-corrected chi connectivity index (χ0v) is 21.3. The van der Waals surface area contributed by atoms with E-state index >= 15 is 0 Å². The molecule has 12 nitrogen and oxygen atoms in total. The average Bonchev–Trinajstić information content (AvgIpc) is 2.90. The molecule has 2 aromatic carbocycles. The molecule has 2 aliphatic carbocycles. The monoisotopic (exact) mass is 544 g/mol. The minimum absolute atomic E-state index is 0.0450. The summed E-state index contributed by atoms with van der Waals surface area (Å²) in [5.74, 6) is -3.71. The Kier molecular flexibility index (Phi) is 6.74. The fourth-order valence-corrected chi connectivity index (χ4v) is 5.81. The van der Waals surface area contributed by atoms with Crippen molar-refractivity contribution in [2.24, 2.45) is 0 Å².